The average molecular weight is 226 g/mol. The van der Waals surface area contributed by atoms with Crippen molar-refractivity contribution in [3.8, 4) is 0 Å². The van der Waals surface area contributed by atoms with Gasteiger partial charge in [0.25, 0.3) is 0 Å². The Morgan fingerprint density at radius 3 is 2.31 bits per heavy atom. The van der Waals surface area contributed by atoms with Gasteiger partial charge in [0.05, 0.1) is 0 Å². The van der Waals surface area contributed by atoms with E-state index in [0.717, 1.165) is 12.0 Å². The Kier molecular flexibility index (Phi) is 6.37. The fourth-order valence-corrected chi connectivity index (χ4v) is 2.82. The zero-order valence-corrected chi connectivity index (χ0v) is 11.7. The van der Waals surface area contributed by atoms with Crippen LogP contribution in [-0.4, -0.2) is 49.1 Å². The van der Waals surface area contributed by atoms with Gasteiger partial charge in [0, 0.05) is 19.1 Å². The first-order valence-electron chi connectivity index (χ1n) is 7.09. The minimum Gasteiger partial charge on any atom is -0.303 e. The lowest BCUT2D eigenvalue weighted by molar-refractivity contribution is 0.145. The van der Waals surface area contributed by atoms with Crippen molar-refractivity contribution in [2.45, 2.75) is 52.5 Å². The summed E-state index contributed by atoms with van der Waals surface area (Å²) in [5.74, 6) is 0.939. The van der Waals surface area contributed by atoms with Crippen LogP contribution in [0.4, 0.5) is 0 Å². The maximum absolute atomic E-state index is 2.59. The Morgan fingerprint density at radius 2 is 1.75 bits per heavy atom. The maximum Gasteiger partial charge on any atom is 0.0109 e. The quantitative estimate of drug-likeness (QED) is 0.687. The summed E-state index contributed by atoms with van der Waals surface area (Å²) >= 11 is 0. The SMILES string of the molecule is CCN(CC)CCN(C)[C@@H]1CCC[C@H](C)C1. The molecule has 16 heavy (non-hydrogen) atoms. The molecule has 0 heterocycles. The second-order valence-electron chi connectivity index (χ2n) is 5.43. The topological polar surface area (TPSA) is 6.48 Å². The molecule has 1 fully saturated rings. The van der Waals surface area contributed by atoms with Gasteiger partial charge in [-0.2, -0.15) is 0 Å². The smallest absolute Gasteiger partial charge is 0.0109 e. The molecule has 0 spiro atoms. The summed E-state index contributed by atoms with van der Waals surface area (Å²) in [5.41, 5.74) is 0. The van der Waals surface area contributed by atoms with Gasteiger partial charge >= 0.3 is 0 Å². The number of hydrogen-bond donors (Lipinski definition) is 0. The summed E-state index contributed by atoms with van der Waals surface area (Å²) in [6, 6.07) is 0.847. The third kappa shape index (κ3) is 4.42. The van der Waals surface area contributed by atoms with Crippen LogP contribution in [0.2, 0.25) is 0 Å². The number of rotatable bonds is 6. The summed E-state index contributed by atoms with van der Waals surface area (Å²) < 4.78 is 0. The maximum atomic E-state index is 2.59. The molecular formula is C14H30N2. The molecule has 0 aromatic carbocycles. The minimum absolute atomic E-state index is 0.847. The second kappa shape index (κ2) is 7.29. The number of nitrogens with zero attached hydrogens (tertiary/aromatic N) is 2. The molecule has 0 amide bonds. The van der Waals surface area contributed by atoms with E-state index in [4.69, 9.17) is 0 Å². The van der Waals surface area contributed by atoms with Gasteiger partial charge in [0.2, 0.25) is 0 Å². The first-order chi connectivity index (χ1) is 7.67. The van der Waals surface area contributed by atoms with E-state index in [1.807, 2.05) is 0 Å². The van der Waals surface area contributed by atoms with Crippen LogP contribution in [0.5, 0.6) is 0 Å². The van der Waals surface area contributed by atoms with E-state index in [-0.39, 0.29) is 0 Å². The molecule has 2 nitrogen and oxygen atoms in total. The Balaban J connectivity index is 2.25. The summed E-state index contributed by atoms with van der Waals surface area (Å²) in [6.45, 7) is 11.8. The predicted molar refractivity (Wildman–Crippen MR) is 71.8 cm³/mol. The van der Waals surface area contributed by atoms with Crippen molar-refractivity contribution in [2.75, 3.05) is 33.2 Å². The zero-order valence-electron chi connectivity index (χ0n) is 11.7. The van der Waals surface area contributed by atoms with E-state index in [0.29, 0.717) is 0 Å². The van der Waals surface area contributed by atoms with Crippen LogP contribution in [0.3, 0.4) is 0 Å². The van der Waals surface area contributed by atoms with Gasteiger partial charge in [0.15, 0.2) is 0 Å². The second-order valence-corrected chi connectivity index (χ2v) is 5.43. The lowest BCUT2D eigenvalue weighted by atomic mass is 9.86. The van der Waals surface area contributed by atoms with Crippen molar-refractivity contribution in [3.05, 3.63) is 0 Å². The fraction of sp³-hybridized carbons (Fsp3) is 1.00. The number of likely N-dealkylation sites (N-methyl/N-ethyl adjacent to an activating group) is 2. The van der Waals surface area contributed by atoms with E-state index < -0.39 is 0 Å². The molecule has 1 rings (SSSR count). The van der Waals surface area contributed by atoms with Crippen molar-refractivity contribution < 1.29 is 0 Å². The van der Waals surface area contributed by atoms with Crippen LogP contribution in [0.25, 0.3) is 0 Å². The molecule has 0 aliphatic heterocycles. The standard InChI is InChI=1S/C14H30N2/c1-5-16(6-2)11-10-15(4)14-9-7-8-13(3)12-14/h13-14H,5-12H2,1-4H3/t13-,14+/m0/s1. The molecule has 96 valence electrons. The van der Waals surface area contributed by atoms with Crippen molar-refractivity contribution in [2.24, 2.45) is 5.92 Å². The van der Waals surface area contributed by atoms with Gasteiger partial charge in [-0.05, 0) is 38.9 Å². The molecule has 0 N–H and O–H groups in total. The van der Waals surface area contributed by atoms with Crippen LogP contribution < -0.4 is 0 Å². The van der Waals surface area contributed by atoms with Crippen LogP contribution in [-0.2, 0) is 0 Å². The van der Waals surface area contributed by atoms with Gasteiger partial charge < -0.3 is 9.80 Å². The van der Waals surface area contributed by atoms with Gasteiger partial charge in [-0.1, -0.05) is 33.6 Å². The van der Waals surface area contributed by atoms with Crippen LogP contribution in [0.15, 0.2) is 0 Å². The summed E-state index contributed by atoms with van der Waals surface area (Å²) in [7, 11) is 2.31. The molecule has 0 saturated heterocycles. The molecule has 1 saturated carbocycles. The minimum atomic E-state index is 0.847. The van der Waals surface area contributed by atoms with E-state index in [1.54, 1.807) is 0 Å². The van der Waals surface area contributed by atoms with Crippen LogP contribution in [0.1, 0.15) is 46.5 Å². The van der Waals surface area contributed by atoms with E-state index in [1.165, 1.54) is 51.9 Å². The predicted octanol–water partition coefficient (Wildman–Crippen LogP) is 2.84. The van der Waals surface area contributed by atoms with Crippen molar-refractivity contribution in [1.82, 2.24) is 9.80 Å². The van der Waals surface area contributed by atoms with E-state index >= 15 is 0 Å². The summed E-state index contributed by atoms with van der Waals surface area (Å²) in [5, 5.41) is 0. The molecule has 0 unspecified atom stereocenters. The molecule has 2 atom stereocenters. The summed E-state index contributed by atoms with van der Waals surface area (Å²) in [4.78, 5) is 5.11. The van der Waals surface area contributed by atoms with E-state index in [9.17, 15) is 0 Å². The highest BCUT2D eigenvalue weighted by molar-refractivity contribution is 4.77. The molecule has 0 radical (unpaired) electrons. The highest BCUT2D eigenvalue weighted by Gasteiger charge is 2.22. The van der Waals surface area contributed by atoms with Crippen LogP contribution >= 0.6 is 0 Å². The third-order valence-electron chi connectivity index (χ3n) is 4.20. The largest absolute Gasteiger partial charge is 0.303 e. The fourth-order valence-electron chi connectivity index (χ4n) is 2.82. The first kappa shape index (κ1) is 14.0. The normalized spacial score (nSPS) is 26.6. The zero-order chi connectivity index (χ0) is 12.0. The molecule has 0 aromatic heterocycles. The highest BCUT2D eigenvalue weighted by Crippen LogP contribution is 2.26. The van der Waals surface area contributed by atoms with Gasteiger partial charge in [0.1, 0.15) is 0 Å². The summed E-state index contributed by atoms with van der Waals surface area (Å²) in [6.07, 6.45) is 5.70. The molecule has 0 bridgehead atoms. The van der Waals surface area contributed by atoms with Crippen molar-refractivity contribution >= 4 is 0 Å². The Labute approximate surface area is 102 Å². The van der Waals surface area contributed by atoms with Gasteiger partial charge in [-0.25, -0.2) is 0 Å². The van der Waals surface area contributed by atoms with E-state index in [2.05, 4.69) is 37.6 Å². The number of hydrogen-bond acceptors (Lipinski definition) is 2. The molecule has 0 aromatic rings. The Hall–Kier alpha value is -0.0800. The lowest BCUT2D eigenvalue weighted by Crippen LogP contribution is -2.40. The molecule has 2 heteroatoms. The van der Waals surface area contributed by atoms with Gasteiger partial charge in [-0.15, -0.1) is 0 Å². The van der Waals surface area contributed by atoms with Crippen molar-refractivity contribution in [3.63, 3.8) is 0 Å². The molecule has 1 aliphatic rings. The Morgan fingerprint density at radius 1 is 1.06 bits per heavy atom. The third-order valence-corrected chi connectivity index (χ3v) is 4.20. The Bertz CT molecular complexity index is 178. The average Bonchev–Trinajstić information content (AvgIpc) is 2.30. The monoisotopic (exact) mass is 226 g/mol. The van der Waals surface area contributed by atoms with Gasteiger partial charge in [-0.3, -0.25) is 0 Å². The molecule has 1 aliphatic carbocycles. The first-order valence-corrected chi connectivity index (χ1v) is 7.09. The highest BCUT2D eigenvalue weighted by atomic mass is 15.2. The lowest BCUT2D eigenvalue weighted by Gasteiger charge is -2.35. The van der Waals surface area contributed by atoms with Crippen LogP contribution in [0, 0.1) is 5.92 Å². The molecular weight excluding hydrogens is 196 g/mol. The van der Waals surface area contributed by atoms with Crippen molar-refractivity contribution in [1.29, 1.82) is 0 Å².